The SMILES string of the molecule is O=C(c1ccccc1)n1c2ccccc2c2c(-c3ccc(Br)cc3)[se]cc21. The zero-order chi connectivity index (χ0) is 18.4. The summed E-state index contributed by atoms with van der Waals surface area (Å²) in [6.45, 7) is 0. The van der Waals surface area contributed by atoms with Crippen molar-refractivity contribution in [1.29, 1.82) is 0 Å². The van der Waals surface area contributed by atoms with Gasteiger partial charge in [0, 0.05) is 0 Å². The van der Waals surface area contributed by atoms with E-state index in [0.717, 1.165) is 20.9 Å². The molecule has 0 radical (unpaired) electrons. The first-order chi connectivity index (χ1) is 13.2. The van der Waals surface area contributed by atoms with E-state index in [2.05, 4.69) is 51.2 Å². The van der Waals surface area contributed by atoms with Crippen LogP contribution in [0, 0.1) is 0 Å². The van der Waals surface area contributed by atoms with Crippen molar-refractivity contribution in [2.24, 2.45) is 0 Å². The van der Waals surface area contributed by atoms with Crippen LogP contribution in [-0.2, 0) is 0 Å². The molecule has 4 heteroatoms. The third-order valence-electron chi connectivity index (χ3n) is 4.76. The Kier molecular flexibility index (Phi) is 4.13. The van der Waals surface area contributed by atoms with E-state index in [1.54, 1.807) is 0 Å². The van der Waals surface area contributed by atoms with Gasteiger partial charge in [-0.1, -0.05) is 0 Å². The Labute approximate surface area is 170 Å². The van der Waals surface area contributed by atoms with Crippen LogP contribution in [0.2, 0.25) is 0 Å². The Morgan fingerprint density at radius 1 is 0.815 bits per heavy atom. The van der Waals surface area contributed by atoms with E-state index in [1.165, 1.54) is 15.4 Å². The average molecular weight is 479 g/mol. The summed E-state index contributed by atoms with van der Waals surface area (Å²) >= 11 is 3.71. The van der Waals surface area contributed by atoms with E-state index < -0.39 is 0 Å². The molecule has 2 nitrogen and oxygen atoms in total. The fourth-order valence-electron chi connectivity index (χ4n) is 3.53. The molecular formula is C23H14BrNOSe. The van der Waals surface area contributed by atoms with Gasteiger partial charge < -0.3 is 0 Å². The topological polar surface area (TPSA) is 22.0 Å². The Bertz CT molecular complexity index is 1280. The second-order valence-electron chi connectivity index (χ2n) is 6.36. The summed E-state index contributed by atoms with van der Waals surface area (Å²) in [5.41, 5.74) is 3.93. The van der Waals surface area contributed by atoms with Gasteiger partial charge in [0.1, 0.15) is 0 Å². The zero-order valence-corrected chi connectivity index (χ0v) is 17.5. The molecule has 27 heavy (non-hydrogen) atoms. The number of halogens is 1. The number of benzene rings is 3. The maximum absolute atomic E-state index is 13.3. The van der Waals surface area contributed by atoms with E-state index in [0.29, 0.717) is 5.56 Å². The summed E-state index contributed by atoms with van der Waals surface area (Å²) in [6.07, 6.45) is 0. The van der Waals surface area contributed by atoms with Crippen LogP contribution in [0.25, 0.3) is 31.8 Å². The second-order valence-corrected chi connectivity index (χ2v) is 9.12. The van der Waals surface area contributed by atoms with Crippen molar-refractivity contribution < 1.29 is 4.79 Å². The van der Waals surface area contributed by atoms with Crippen molar-refractivity contribution in [1.82, 2.24) is 4.57 Å². The number of carbonyl (C=O) groups excluding carboxylic acids is 1. The molecule has 0 saturated carbocycles. The molecule has 2 aromatic heterocycles. The molecule has 0 atom stereocenters. The van der Waals surface area contributed by atoms with Gasteiger partial charge in [0.25, 0.3) is 0 Å². The molecule has 0 N–H and O–H groups in total. The quantitative estimate of drug-likeness (QED) is 0.286. The van der Waals surface area contributed by atoms with Crippen LogP contribution in [0.5, 0.6) is 0 Å². The molecule has 3 aromatic carbocycles. The predicted octanol–water partition coefficient (Wildman–Crippen LogP) is 5.97. The van der Waals surface area contributed by atoms with Crippen LogP contribution in [0.1, 0.15) is 10.4 Å². The number of aromatic nitrogens is 1. The molecule has 5 rings (SSSR count). The summed E-state index contributed by atoms with van der Waals surface area (Å²) in [5.74, 6) is 0.0251. The molecule has 0 aliphatic carbocycles. The third kappa shape index (κ3) is 2.72. The van der Waals surface area contributed by atoms with Crippen LogP contribution in [-0.4, -0.2) is 25.0 Å². The summed E-state index contributed by atoms with van der Waals surface area (Å²) in [4.78, 5) is 15.5. The van der Waals surface area contributed by atoms with E-state index >= 15 is 0 Å². The second kappa shape index (κ2) is 6.65. The van der Waals surface area contributed by atoms with E-state index in [4.69, 9.17) is 0 Å². The first-order valence-electron chi connectivity index (χ1n) is 8.60. The molecule has 0 spiro atoms. The third-order valence-corrected chi connectivity index (χ3v) is 7.42. The number of para-hydroxylation sites is 1. The zero-order valence-electron chi connectivity index (χ0n) is 14.2. The monoisotopic (exact) mass is 479 g/mol. The molecule has 0 aliphatic rings. The molecule has 0 bridgehead atoms. The summed E-state index contributed by atoms with van der Waals surface area (Å²) in [5, 5.41) is 2.35. The van der Waals surface area contributed by atoms with Crippen LogP contribution >= 0.6 is 15.9 Å². The standard InChI is InChI=1S/C23H14BrNOSe/c24-17-12-10-15(11-13-17)22-21-18-8-4-5-9-19(18)25(20(21)14-27-22)23(26)16-6-2-1-3-7-16/h1-14H. The number of carbonyl (C=O) groups is 1. The van der Waals surface area contributed by atoms with Crippen LogP contribution in [0.15, 0.2) is 88.3 Å². The van der Waals surface area contributed by atoms with Gasteiger partial charge in [0.05, 0.1) is 0 Å². The molecule has 0 aliphatic heterocycles. The van der Waals surface area contributed by atoms with Gasteiger partial charge in [-0.25, -0.2) is 0 Å². The van der Waals surface area contributed by atoms with Gasteiger partial charge in [-0.2, -0.15) is 0 Å². The van der Waals surface area contributed by atoms with Gasteiger partial charge >= 0.3 is 171 Å². The fourth-order valence-corrected chi connectivity index (χ4v) is 6.01. The molecule has 0 unspecified atom stereocenters. The Morgan fingerprint density at radius 3 is 2.30 bits per heavy atom. The van der Waals surface area contributed by atoms with Crippen molar-refractivity contribution in [3.63, 3.8) is 0 Å². The van der Waals surface area contributed by atoms with Gasteiger partial charge in [-0.05, 0) is 0 Å². The van der Waals surface area contributed by atoms with E-state index in [9.17, 15) is 4.79 Å². The van der Waals surface area contributed by atoms with Crippen LogP contribution in [0.3, 0.4) is 0 Å². The first-order valence-corrected chi connectivity index (χ1v) is 11.2. The van der Waals surface area contributed by atoms with Crippen molar-refractivity contribution >= 4 is 58.1 Å². The summed E-state index contributed by atoms with van der Waals surface area (Å²) in [6, 6.07) is 26.2. The number of hydrogen-bond donors (Lipinski definition) is 0. The minimum atomic E-state index is 0.0251. The fraction of sp³-hybridized carbons (Fsp3) is 0. The van der Waals surface area contributed by atoms with Crippen LogP contribution in [0.4, 0.5) is 0 Å². The van der Waals surface area contributed by atoms with E-state index in [1.807, 2.05) is 53.1 Å². The first kappa shape index (κ1) is 16.8. The van der Waals surface area contributed by atoms with Crippen molar-refractivity contribution in [3.05, 3.63) is 93.8 Å². The molecule has 0 amide bonds. The summed E-state index contributed by atoms with van der Waals surface area (Å²) in [7, 11) is 0. The van der Waals surface area contributed by atoms with E-state index in [-0.39, 0.29) is 20.4 Å². The molecule has 130 valence electrons. The summed E-state index contributed by atoms with van der Waals surface area (Å²) < 4.78 is 4.29. The average Bonchev–Trinajstić information content (AvgIpc) is 3.27. The predicted molar refractivity (Wildman–Crippen MR) is 116 cm³/mol. The Morgan fingerprint density at radius 2 is 1.52 bits per heavy atom. The number of nitrogens with zero attached hydrogens (tertiary/aromatic N) is 1. The van der Waals surface area contributed by atoms with Gasteiger partial charge in [0.15, 0.2) is 0 Å². The minimum absolute atomic E-state index is 0.0251. The molecule has 0 fully saturated rings. The molecule has 2 heterocycles. The Hall–Kier alpha value is -2.39. The maximum atomic E-state index is 13.3. The normalized spacial score (nSPS) is 11.3. The molecular weight excluding hydrogens is 465 g/mol. The van der Waals surface area contributed by atoms with Gasteiger partial charge in [-0.15, -0.1) is 0 Å². The number of rotatable bonds is 2. The number of hydrogen-bond acceptors (Lipinski definition) is 1. The van der Waals surface area contributed by atoms with Crippen LogP contribution < -0.4 is 0 Å². The van der Waals surface area contributed by atoms with Crippen molar-refractivity contribution in [2.75, 3.05) is 0 Å². The van der Waals surface area contributed by atoms with Crippen molar-refractivity contribution in [2.45, 2.75) is 0 Å². The van der Waals surface area contributed by atoms with Crippen molar-refractivity contribution in [3.8, 4) is 10.0 Å². The number of fused-ring (bicyclic) bond motifs is 3. The van der Waals surface area contributed by atoms with Gasteiger partial charge in [0.2, 0.25) is 0 Å². The molecule has 0 saturated heterocycles. The van der Waals surface area contributed by atoms with Gasteiger partial charge in [-0.3, -0.25) is 0 Å². The molecule has 5 aromatic rings. The Balaban J connectivity index is 1.82.